The maximum Gasteiger partial charge on any atom is 0.333 e. The Hall–Kier alpha value is -6.00. The summed E-state index contributed by atoms with van der Waals surface area (Å²) < 4.78 is 5.33. The first-order chi connectivity index (χ1) is 25.9. The number of rotatable bonds is 13. The summed E-state index contributed by atoms with van der Waals surface area (Å²) >= 11 is 0. The fourth-order valence-electron chi connectivity index (χ4n) is 7.53. The molecule has 1 unspecified atom stereocenters. The van der Waals surface area contributed by atoms with Gasteiger partial charge in [-0.05, 0) is 63.4 Å². The van der Waals surface area contributed by atoms with E-state index in [1.807, 2.05) is 18.7 Å². The third-order valence-electron chi connectivity index (χ3n) is 10.6. The monoisotopic (exact) mass is 743 g/mol. The number of urea groups is 2. The fourth-order valence-corrected chi connectivity index (χ4v) is 7.53. The van der Waals surface area contributed by atoms with Crippen LogP contribution in [0.3, 0.4) is 0 Å². The predicted octanol–water partition coefficient (Wildman–Crippen LogP) is 4.01. The zero-order valence-corrected chi connectivity index (χ0v) is 31.0. The normalized spacial score (nSPS) is 18.9. The Bertz CT molecular complexity index is 1930. The number of nitrogens with one attached hydrogen (secondary N) is 1. The number of aromatic nitrogens is 2. The second-order valence-electron chi connectivity index (χ2n) is 13.6. The summed E-state index contributed by atoms with van der Waals surface area (Å²) in [6.07, 6.45) is 4.88. The number of hydrogen-bond donors (Lipinski definition) is 2. The van der Waals surface area contributed by atoms with Crippen molar-refractivity contribution in [3.05, 3.63) is 60.2 Å². The fraction of sp³-hybridized carbons (Fsp3) is 0.459. The molecule has 2 aromatic heterocycles. The highest BCUT2D eigenvalue weighted by molar-refractivity contribution is 6.23. The molecule has 3 aromatic rings. The lowest BCUT2D eigenvalue weighted by Gasteiger charge is -2.36. The van der Waals surface area contributed by atoms with E-state index in [4.69, 9.17) is 4.42 Å². The van der Waals surface area contributed by atoms with Crippen LogP contribution in [-0.4, -0.2) is 117 Å². The molecule has 3 fully saturated rings. The van der Waals surface area contributed by atoms with Crippen LogP contribution in [0.15, 0.2) is 53.3 Å². The van der Waals surface area contributed by atoms with Crippen molar-refractivity contribution in [3.63, 3.8) is 0 Å². The summed E-state index contributed by atoms with van der Waals surface area (Å²) in [5.74, 6) is -2.28. The number of carboxylic acids is 1. The Balaban J connectivity index is 1.24. The summed E-state index contributed by atoms with van der Waals surface area (Å²) in [5.41, 5.74) is -0.0181. The third-order valence-corrected chi connectivity index (χ3v) is 10.6. The van der Waals surface area contributed by atoms with E-state index in [1.165, 1.54) is 47.5 Å². The number of nitrogens with zero attached hydrogens (tertiary/aromatic N) is 8. The quantitative estimate of drug-likeness (QED) is 0.240. The molecular formula is C37H45N9O8. The first kappa shape index (κ1) is 37.7. The topological polar surface area (TPSA) is 193 Å². The van der Waals surface area contributed by atoms with Gasteiger partial charge in [0.05, 0.1) is 18.1 Å². The lowest BCUT2D eigenvalue weighted by atomic mass is 9.80. The molecule has 6 rings (SSSR count). The molecular weight excluding hydrogens is 698 g/mol. The zero-order valence-electron chi connectivity index (χ0n) is 31.0. The Morgan fingerprint density at radius 1 is 0.981 bits per heavy atom. The molecule has 1 aliphatic carbocycles. The number of carbonyl (C=O) groups excluding carboxylic acids is 5. The Kier molecular flexibility index (Phi) is 10.6. The summed E-state index contributed by atoms with van der Waals surface area (Å²) in [6.45, 7) is 7.04. The zero-order chi connectivity index (χ0) is 38.9. The Labute approximate surface area is 312 Å². The van der Waals surface area contributed by atoms with Gasteiger partial charge in [-0.25, -0.2) is 29.2 Å². The molecule has 2 saturated heterocycles. The van der Waals surface area contributed by atoms with Gasteiger partial charge in [0, 0.05) is 40.2 Å². The van der Waals surface area contributed by atoms with Crippen LogP contribution in [0.5, 0.6) is 0 Å². The molecule has 2 atom stereocenters. The van der Waals surface area contributed by atoms with E-state index >= 15 is 0 Å². The molecule has 17 heteroatoms. The van der Waals surface area contributed by atoms with Crippen LogP contribution < -0.4 is 20.0 Å². The molecule has 2 N–H and O–H groups in total. The van der Waals surface area contributed by atoms with Crippen LogP contribution in [0.1, 0.15) is 69.0 Å². The molecule has 286 valence electrons. The van der Waals surface area contributed by atoms with Crippen LogP contribution in [0.25, 0.3) is 0 Å². The van der Waals surface area contributed by atoms with E-state index in [1.54, 1.807) is 32.2 Å². The van der Waals surface area contributed by atoms with Gasteiger partial charge in [0.1, 0.15) is 17.3 Å². The minimum Gasteiger partial charge on any atom is -0.480 e. The van der Waals surface area contributed by atoms with Gasteiger partial charge in [0.25, 0.3) is 17.7 Å². The van der Waals surface area contributed by atoms with Gasteiger partial charge in [0.15, 0.2) is 17.7 Å². The van der Waals surface area contributed by atoms with Crippen molar-refractivity contribution in [2.75, 3.05) is 53.7 Å². The number of benzene rings is 1. The van der Waals surface area contributed by atoms with Crippen molar-refractivity contribution in [1.29, 1.82) is 0 Å². The molecule has 1 spiro atoms. The highest BCUT2D eigenvalue weighted by Crippen LogP contribution is 2.42. The largest absolute Gasteiger partial charge is 0.480 e. The van der Waals surface area contributed by atoms with Crippen LogP contribution in [0.4, 0.5) is 32.7 Å². The van der Waals surface area contributed by atoms with Crippen LogP contribution >= 0.6 is 0 Å². The minimum absolute atomic E-state index is 0.0481. The number of carbonyl (C=O) groups is 6. The Morgan fingerprint density at radius 2 is 1.67 bits per heavy atom. The molecule has 1 aromatic carbocycles. The molecule has 7 amide bonds. The number of carboxylic acid groups (broad SMARTS) is 1. The van der Waals surface area contributed by atoms with Crippen LogP contribution in [0.2, 0.25) is 0 Å². The van der Waals surface area contributed by atoms with Gasteiger partial charge < -0.3 is 29.5 Å². The number of furan rings is 1. The molecule has 0 radical (unpaired) electrons. The maximum atomic E-state index is 13.9. The van der Waals surface area contributed by atoms with Gasteiger partial charge in [-0.3, -0.25) is 19.3 Å². The van der Waals surface area contributed by atoms with Crippen LogP contribution in [-0.2, 0) is 20.8 Å². The van der Waals surface area contributed by atoms with E-state index in [0.717, 1.165) is 34.0 Å². The summed E-state index contributed by atoms with van der Waals surface area (Å²) in [7, 11) is 2.95. The second kappa shape index (κ2) is 15.2. The SMILES string of the molecule is CCN(CC)c1ncc(N(CC)C(=O)c2ccco2)c(N[C@@H](Cc2ccc(N3C(=O)C(N4C(=O)N(C)C5(CCCCC5)C4=O)N(C)C3=O)cc2)C(=O)O)n1. The molecule has 2 aliphatic heterocycles. The first-order valence-corrected chi connectivity index (χ1v) is 18.2. The van der Waals surface area contributed by atoms with Crippen molar-refractivity contribution < 1.29 is 38.3 Å². The minimum atomic E-state index is -1.44. The van der Waals surface area contributed by atoms with Crippen LogP contribution in [0, 0.1) is 0 Å². The van der Waals surface area contributed by atoms with Gasteiger partial charge >= 0.3 is 18.0 Å². The number of imide groups is 2. The Morgan fingerprint density at radius 3 is 2.26 bits per heavy atom. The maximum absolute atomic E-state index is 13.9. The smallest absolute Gasteiger partial charge is 0.333 e. The van der Waals surface area contributed by atoms with E-state index in [0.29, 0.717) is 37.4 Å². The lowest BCUT2D eigenvalue weighted by molar-refractivity contribution is -0.141. The number of aliphatic carboxylic acids is 1. The summed E-state index contributed by atoms with van der Waals surface area (Å²) in [6, 6.07) is 6.79. The highest BCUT2D eigenvalue weighted by atomic mass is 16.4. The van der Waals surface area contributed by atoms with Crippen molar-refractivity contribution in [2.24, 2.45) is 0 Å². The molecule has 17 nitrogen and oxygen atoms in total. The standard InChI is InChI=1S/C37H45N9O8/c1-6-43(7-2)34-38-22-26(44(8-3)30(47)27-13-12-20-54-27)28(40-34)39-25(32(49)50)21-23-14-16-24(17-15-23)45-31(48)29(41(4)35(45)52)46-33(51)37(42(5)36(46)53)18-10-9-11-19-37/h12-17,20,22,25,29H,6-11,18-19,21H2,1-5H3,(H,49,50)(H,38,39,40)/t25-,29?/m0/s1. The van der Waals surface area contributed by atoms with Crippen molar-refractivity contribution in [3.8, 4) is 0 Å². The van der Waals surface area contributed by atoms with E-state index in [-0.39, 0.29) is 35.9 Å². The predicted molar refractivity (Wildman–Crippen MR) is 197 cm³/mol. The third kappa shape index (κ3) is 6.47. The molecule has 3 aliphatic rings. The lowest BCUT2D eigenvalue weighted by Crippen LogP contribution is -2.53. The molecule has 1 saturated carbocycles. The highest BCUT2D eigenvalue weighted by Gasteiger charge is 2.62. The average Bonchev–Trinajstić information content (AvgIpc) is 3.83. The molecule has 4 heterocycles. The second-order valence-corrected chi connectivity index (χ2v) is 13.6. The number of amides is 7. The molecule has 54 heavy (non-hydrogen) atoms. The van der Waals surface area contributed by atoms with Gasteiger partial charge in [-0.1, -0.05) is 31.4 Å². The van der Waals surface area contributed by atoms with Gasteiger partial charge in [-0.2, -0.15) is 4.98 Å². The van der Waals surface area contributed by atoms with E-state index < -0.39 is 53.5 Å². The van der Waals surface area contributed by atoms with Crippen molar-refractivity contribution in [1.82, 2.24) is 24.7 Å². The van der Waals surface area contributed by atoms with Gasteiger partial charge in [-0.15, -0.1) is 0 Å². The first-order valence-electron chi connectivity index (χ1n) is 18.2. The number of likely N-dealkylation sites (N-methyl/N-ethyl adjacent to an activating group) is 2. The summed E-state index contributed by atoms with van der Waals surface area (Å²) in [5, 5.41) is 13.4. The summed E-state index contributed by atoms with van der Waals surface area (Å²) in [4.78, 5) is 97.4. The van der Waals surface area contributed by atoms with E-state index in [2.05, 4.69) is 15.3 Å². The number of hydrogen-bond acceptors (Lipinski definition) is 11. The van der Waals surface area contributed by atoms with Crippen molar-refractivity contribution >= 4 is 58.9 Å². The molecule has 0 bridgehead atoms. The number of anilines is 4. The average molecular weight is 744 g/mol. The van der Waals surface area contributed by atoms with Crippen molar-refractivity contribution in [2.45, 2.75) is 77.0 Å². The van der Waals surface area contributed by atoms with E-state index in [9.17, 15) is 33.9 Å². The van der Waals surface area contributed by atoms with Gasteiger partial charge in [0.2, 0.25) is 5.95 Å².